The highest BCUT2D eigenvalue weighted by atomic mass is 19.1. The summed E-state index contributed by atoms with van der Waals surface area (Å²) in [6.45, 7) is 4.18. The largest absolute Gasteiger partial charge is 0.489 e. The minimum absolute atomic E-state index is 0.229. The molecule has 0 amide bonds. The highest BCUT2D eigenvalue weighted by Gasteiger charge is 2.09. The number of rotatable bonds is 6. The molecule has 23 heavy (non-hydrogen) atoms. The summed E-state index contributed by atoms with van der Waals surface area (Å²) < 4.78 is 19.0. The second kappa shape index (κ2) is 7.25. The van der Waals surface area contributed by atoms with Gasteiger partial charge in [-0.05, 0) is 41.1 Å². The van der Waals surface area contributed by atoms with Crippen molar-refractivity contribution in [2.24, 2.45) is 0 Å². The number of benzene rings is 3. The maximum Gasteiger partial charge on any atom is 0.124 e. The fraction of sp³-hybridized carbons (Fsp3) is 0.200. The van der Waals surface area contributed by atoms with E-state index < -0.39 is 0 Å². The van der Waals surface area contributed by atoms with Gasteiger partial charge in [0.25, 0.3) is 0 Å². The lowest BCUT2D eigenvalue weighted by molar-refractivity contribution is 0.302. The molecule has 3 rings (SSSR count). The Labute approximate surface area is 135 Å². The van der Waals surface area contributed by atoms with Crippen LogP contribution in [0.3, 0.4) is 0 Å². The Kier molecular flexibility index (Phi) is 4.89. The van der Waals surface area contributed by atoms with Crippen LogP contribution in [0.1, 0.15) is 18.1 Å². The lowest BCUT2D eigenvalue weighted by atomic mass is 10.0. The van der Waals surface area contributed by atoms with E-state index in [0.717, 1.165) is 30.0 Å². The Morgan fingerprint density at radius 2 is 1.74 bits per heavy atom. The van der Waals surface area contributed by atoms with E-state index >= 15 is 0 Å². The van der Waals surface area contributed by atoms with Gasteiger partial charge in [0.15, 0.2) is 0 Å². The normalized spacial score (nSPS) is 10.9. The lowest BCUT2D eigenvalue weighted by Crippen LogP contribution is -2.13. The van der Waals surface area contributed by atoms with Crippen LogP contribution in [-0.2, 0) is 13.2 Å². The minimum Gasteiger partial charge on any atom is -0.489 e. The fourth-order valence-corrected chi connectivity index (χ4v) is 2.63. The van der Waals surface area contributed by atoms with Gasteiger partial charge in [-0.25, -0.2) is 4.39 Å². The summed E-state index contributed by atoms with van der Waals surface area (Å²) >= 11 is 0. The number of hydrogen-bond acceptors (Lipinski definition) is 2. The molecule has 0 fully saturated rings. The molecule has 2 nitrogen and oxygen atoms in total. The van der Waals surface area contributed by atoms with Crippen molar-refractivity contribution in [2.45, 2.75) is 20.1 Å². The fourth-order valence-electron chi connectivity index (χ4n) is 2.63. The molecule has 0 aliphatic carbocycles. The number of ether oxygens (including phenoxy) is 1. The van der Waals surface area contributed by atoms with Crippen LogP contribution in [0.15, 0.2) is 60.7 Å². The van der Waals surface area contributed by atoms with Crippen molar-refractivity contribution >= 4 is 10.8 Å². The van der Waals surface area contributed by atoms with Crippen LogP contribution in [-0.4, -0.2) is 6.54 Å². The molecule has 3 heteroatoms. The summed E-state index contributed by atoms with van der Waals surface area (Å²) in [6, 6.07) is 18.8. The van der Waals surface area contributed by atoms with Crippen LogP contribution in [0.25, 0.3) is 10.8 Å². The third-order valence-corrected chi connectivity index (χ3v) is 3.86. The first-order valence-corrected chi connectivity index (χ1v) is 7.86. The Bertz CT molecular complexity index is 783. The number of nitrogens with one attached hydrogen (secondary N) is 1. The Hall–Kier alpha value is -2.39. The average molecular weight is 309 g/mol. The molecule has 0 unspecified atom stereocenters. The molecule has 0 heterocycles. The lowest BCUT2D eigenvalue weighted by Gasteiger charge is -2.15. The van der Waals surface area contributed by atoms with Crippen molar-refractivity contribution in [1.29, 1.82) is 0 Å². The van der Waals surface area contributed by atoms with Crippen LogP contribution in [0.2, 0.25) is 0 Å². The Balaban J connectivity index is 1.87. The van der Waals surface area contributed by atoms with Crippen molar-refractivity contribution in [2.75, 3.05) is 6.54 Å². The molecule has 0 bridgehead atoms. The highest BCUT2D eigenvalue weighted by molar-refractivity contribution is 5.87. The molecule has 1 N–H and O–H groups in total. The predicted octanol–water partition coefficient (Wildman–Crippen LogP) is 4.67. The first kappa shape index (κ1) is 15.5. The van der Waals surface area contributed by atoms with Crippen molar-refractivity contribution in [1.82, 2.24) is 5.32 Å². The zero-order valence-electron chi connectivity index (χ0n) is 13.2. The van der Waals surface area contributed by atoms with E-state index in [9.17, 15) is 4.39 Å². The highest BCUT2D eigenvalue weighted by Crippen LogP contribution is 2.28. The molecular weight excluding hydrogens is 289 g/mol. The zero-order chi connectivity index (χ0) is 16.1. The molecule has 0 spiro atoms. The summed E-state index contributed by atoms with van der Waals surface area (Å²) in [4.78, 5) is 0. The van der Waals surface area contributed by atoms with Crippen molar-refractivity contribution in [3.05, 3.63) is 77.6 Å². The molecule has 0 saturated carbocycles. The molecule has 0 radical (unpaired) electrons. The van der Waals surface area contributed by atoms with Gasteiger partial charge in [0, 0.05) is 12.1 Å². The Morgan fingerprint density at radius 3 is 2.52 bits per heavy atom. The van der Waals surface area contributed by atoms with E-state index in [1.807, 2.05) is 18.2 Å². The van der Waals surface area contributed by atoms with Gasteiger partial charge in [0.1, 0.15) is 18.2 Å². The van der Waals surface area contributed by atoms with Crippen LogP contribution in [0.4, 0.5) is 4.39 Å². The molecule has 0 atom stereocenters. The molecule has 3 aromatic carbocycles. The Morgan fingerprint density at radius 1 is 0.957 bits per heavy atom. The zero-order valence-corrected chi connectivity index (χ0v) is 13.2. The number of hydrogen-bond donors (Lipinski definition) is 1. The van der Waals surface area contributed by atoms with Gasteiger partial charge < -0.3 is 10.1 Å². The predicted molar refractivity (Wildman–Crippen MR) is 92.1 cm³/mol. The van der Waals surface area contributed by atoms with E-state index in [1.165, 1.54) is 22.9 Å². The van der Waals surface area contributed by atoms with Crippen LogP contribution < -0.4 is 10.1 Å². The first-order valence-electron chi connectivity index (χ1n) is 7.86. The third-order valence-electron chi connectivity index (χ3n) is 3.86. The van der Waals surface area contributed by atoms with Crippen LogP contribution in [0.5, 0.6) is 5.75 Å². The second-order valence-electron chi connectivity index (χ2n) is 5.46. The topological polar surface area (TPSA) is 21.3 Å². The van der Waals surface area contributed by atoms with E-state index in [2.05, 4.69) is 30.4 Å². The quantitative estimate of drug-likeness (QED) is 0.714. The SMILES string of the molecule is CCNCc1c(OCc2ccc(F)cc2)ccc2ccccc12. The second-order valence-corrected chi connectivity index (χ2v) is 5.46. The molecule has 0 aliphatic heterocycles. The first-order chi connectivity index (χ1) is 11.3. The van der Waals surface area contributed by atoms with Gasteiger partial charge in [-0.2, -0.15) is 0 Å². The van der Waals surface area contributed by atoms with E-state index in [-0.39, 0.29) is 5.82 Å². The minimum atomic E-state index is -0.229. The van der Waals surface area contributed by atoms with Gasteiger partial charge in [0.2, 0.25) is 0 Å². The summed E-state index contributed by atoms with van der Waals surface area (Å²) in [5.74, 6) is 0.640. The third kappa shape index (κ3) is 3.69. The van der Waals surface area contributed by atoms with E-state index in [4.69, 9.17) is 4.74 Å². The standard InChI is InChI=1S/C20H20FNO/c1-2-22-13-19-18-6-4-3-5-16(18)9-12-20(19)23-14-15-7-10-17(21)11-8-15/h3-12,22H,2,13-14H2,1H3. The molecule has 0 saturated heterocycles. The summed E-state index contributed by atoms with van der Waals surface area (Å²) in [5.41, 5.74) is 2.11. The average Bonchev–Trinajstić information content (AvgIpc) is 2.59. The maximum atomic E-state index is 13.0. The maximum absolute atomic E-state index is 13.0. The van der Waals surface area contributed by atoms with Crippen molar-refractivity contribution < 1.29 is 9.13 Å². The summed E-state index contributed by atoms with van der Waals surface area (Å²) in [7, 11) is 0. The smallest absolute Gasteiger partial charge is 0.124 e. The van der Waals surface area contributed by atoms with Crippen molar-refractivity contribution in [3.8, 4) is 5.75 Å². The van der Waals surface area contributed by atoms with Gasteiger partial charge in [-0.15, -0.1) is 0 Å². The summed E-state index contributed by atoms with van der Waals surface area (Å²) in [5, 5.41) is 5.78. The van der Waals surface area contributed by atoms with E-state index in [0.29, 0.717) is 6.61 Å². The van der Waals surface area contributed by atoms with Crippen LogP contribution in [0, 0.1) is 5.82 Å². The van der Waals surface area contributed by atoms with Gasteiger partial charge in [0.05, 0.1) is 0 Å². The number of halogens is 1. The molecular formula is C20H20FNO. The monoisotopic (exact) mass is 309 g/mol. The molecule has 0 aliphatic rings. The molecule has 3 aromatic rings. The van der Waals surface area contributed by atoms with Gasteiger partial charge in [-0.1, -0.05) is 49.4 Å². The molecule has 118 valence electrons. The van der Waals surface area contributed by atoms with Crippen molar-refractivity contribution in [3.63, 3.8) is 0 Å². The van der Waals surface area contributed by atoms with Crippen LogP contribution >= 0.6 is 0 Å². The van der Waals surface area contributed by atoms with E-state index in [1.54, 1.807) is 12.1 Å². The van der Waals surface area contributed by atoms with Gasteiger partial charge in [-0.3, -0.25) is 0 Å². The summed E-state index contributed by atoms with van der Waals surface area (Å²) in [6.07, 6.45) is 0. The molecule has 0 aromatic heterocycles. The van der Waals surface area contributed by atoms with Gasteiger partial charge >= 0.3 is 0 Å². The number of fused-ring (bicyclic) bond motifs is 1.